The molecule has 9 heteroatoms. The van der Waals surface area contributed by atoms with Crippen LogP contribution in [0, 0.1) is 6.92 Å². The predicted octanol–water partition coefficient (Wildman–Crippen LogP) is 2.93. The van der Waals surface area contributed by atoms with Crippen molar-refractivity contribution < 1.29 is 22.1 Å². The number of carbonyl (C=O) groups excluding carboxylic acids is 1. The van der Waals surface area contributed by atoms with Crippen LogP contribution in [-0.2, 0) is 10.1 Å². The van der Waals surface area contributed by atoms with E-state index in [2.05, 4.69) is 15.5 Å². The Labute approximate surface area is 174 Å². The average Bonchev–Trinajstić information content (AvgIpc) is 2.75. The van der Waals surface area contributed by atoms with Gasteiger partial charge in [-0.3, -0.25) is 9.78 Å². The summed E-state index contributed by atoms with van der Waals surface area (Å²) in [4.78, 5) is 15.8. The fourth-order valence-electron chi connectivity index (χ4n) is 2.44. The normalized spacial score (nSPS) is 11.3. The van der Waals surface area contributed by atoms with Crippen molar-refractivity contribution in [1.82, 2.24) is 10.4 Å². The minimum atomic E-state index is -4.01. The van der Waals surface area contributed by atoms with Crippen molar-refractivity contribution >= 4 is 22.2 Å². The predicted molar refractivity (Wildman–Crippen MR) is 111 cm³/mol. The summed E-state index contributed by atoms with van der Waals surface area (Å²) in [5.41, 5.74) is 4.33. The Balaban J connectivity index is 1.73. The maximum absolute atomic E-state index is 12.5. The third-order valence-electron chi connectivity index (χ3n) is 4.02. The molecule has 0 aliphatic rings. The first-order valence-electron chi connectivity index (χ1n) is 8.82. The Hall–Kier alpha value is -3.72. The lowest BCUT2D eigenvalue weighted by molar-refractivity contribution is 0.0955. The number of hydrogen-bond acceptors (Lipinski definition) is 7. The molecule has 30 heavy (non-hydrogen) atoms. The monoisotopic (exact) mass is 425 g/mol. The Morgan fingerprint density at radius 3 is 2.40 bits per heavy atom. The Morgan fingerprint density at radius 2 is 1.73 bits per heavy atom. The summed E-state index contributed by atoms with van der Waals surface area (Å²) in [7, 11) is -2.61. The van der Waals surface area contributed by atoms with Crippen molar-refractivity contribution in [2.24, 2.45) is 5.10 Å². The molecule has 0 saturated heterocycles. The van der Waals surface area contributed by atoms with Crippen molar-refractivity contribution in [3.63, 3.8) is 0 Å². The summed E-state index contributed by atoms with van der Waals surface area (Å²) < 4.78 is 35.5. The van der Waals surface area contributed by atoms with E-state index in [-0.39, 0.29) is 22.3 Å². The van der Waals surface area contributed by atoms with Crippen LogP contribution in [0.4, 0.5) is 0 Å². The van der Waals surface area contributed by atoms with Gasteiger partial charge in [0.05, 0.1) is 13.3 Å². The zero-order valence-corrected chi connectivity index (χ0v) is 17.1. The summed E-state index contributed by atoms with van der Waals surface area (Å²) in [6, 6.07) is 14.0. The molecule has 1 heterocycles. The summed E-state index contributed by atoms with van der Waals surface area (Å²) in [6.07, 6.45) is 4.42. The van der Waals surface area contributed by atoms with E-state index in [1.54, 1.807) is 36.4 Å². The number of rotatable bonds is 7. The molecule has 0 aliphatic heterocycles. The molecule has 0 aliphatic carbocycles. The highest BCUT2D eigenvalue weighted by molar-refractivity contribution is 7.87. The van der Waals surface area contributed by atoms with Crippen molar-refractivity contribution in [2.75, 3.05) is 7.11 Å². The molecule has 8 nitrogen and oxygen atoms in total. The van der Waals surface area contributed by atoms with Crippen LogP contribution >= 0.6 is 0 Å². The third-order valence-corrected chi connectivity index (χ3v) is 5.27. The summed E-state index contributed by atoms with van der Waals surface area (Å²) in [5.74, 6) is -0.143. The molecule has 0 unspecified atom stereocenters. The number of methoxy groups -OCH3 is 1. The molecule has 0 spiro atoms. The second kappa shape index (κ2) is 9.19. The standard InChI is InChI=1S/C21H19N3O5S/c1-15-3-6-18(7-4-15)30(26,27)29-19-8-5-16(13-20(19)28-2)14-23-24-21(25)17-9-11-22-12-10-17/h3-14H,1-2H3,(H,24,25)/b23-14-. The highest BCUT2D eigenvalue weighted by Crippen LogP contribution is 2.30. The first kappa shape index (κ1) is 21.0. The molecular formula is C21H19N3O5S. The number of nitrogens with zero attached hydrogens (tertiary/aromatic N) is 2. The zero-order chi connectivity index (χ0) is 21.6. The number of aryl methyl sites for hydroxylation is 1. The molecule has 3 aromatic rings. The lowest BCUT2D eigenvalue weighted by Crippen LogP contribution is -2.17. The fourth-order valence-corrected chi connectivity index (χ4v) is 3.38. The largest absolute Gasteiger partial charge is 0.493 e. The van der Waals surface area contributed by atoms with Crippen molar-refractivity contribution in [3.8, 4) is 11.5 Å². The maximum atomic E-state index is 12.5. The molecular weight excluding hydrogens is 406 g/mol. The number of aromatic nitrogens is 1. The van der Waals surface area contributed by atoms with Gasteiger partial charge in [-0.2, -0.15) is 13.5 Å². The lowest BCUT2D eigenvalue weighted by Gasteiger charge is -2.11. The van der Waals surface area contributed by atoms with Crippen LogP contribution in [0.15, 0.2) is 77.0 Å². The minimum Gasteiger partial charge on any atom is -0.493 e. The number of nitrogens with one attached hydrogen (secondary N) is 1. The second-order valence-corrected chi connectivity index (χ2v) is 7.74. The smallest absolute Gasteiger partial charge is 0.339 e. The fraction of sp³-hybridized carbons (Fsp3) is 0.0952. The van der Waals surface area contributed by atoms with Gasteiger partial charge in [0, 0.05) is 18.0 Å². The van der Waals surface area contributed by atoms with E-state index in [1.807, 2.05) is 6.92 Å². The second-order valence-electron chi connectivity index (χ2n) is 6.20. The van der Waals surface area contributed by atoms with E-state index in [9.17, 15) is 13.2 Å². The van der Waals surface area contributed by atoms with Crippen LogP contribution in [0.5, 0.6) is 11.5 Å². The third kappa shape index (κ3) is 5.21. The van der Waals surface area contributed by atoms with Gasteiger partial charge in [0.1, 0.15) is 4.90 Å². The quantitative estimate of drug-likeness (QED) is 0.354. The number of hydrazone groups is 1. The number of amides is 1. The van der Waals surface area contributed by atoms with Gasteiger partial charge in [0.15, 0.2) is 11.5 Å². The molecule has 1 amide bonds. The molecule has 1 N–H and O–H groups in total. The summed E-state index contributed by atoms with van der Waals surface area (Å²) in [6.45, 7) is 1.86. The van der Waals surface area contributed by atoms with E-state index < -0.39 is 10.1 Å². The Bertz CT molecular complexity index is 1160. The number of benzene rings is 2. The van der Waals surface area contributed by atoms with Crippen LogP contribution in [0.1, 0.15) is 21.5 Å². The summed E-state index contributed by atoms with van der Waals surface area (Å²) in [5, 5.41) is 3.89. The first-order chi connectivity index (χ1) is 14.4. The van der Waals surface area contributed by atoms with E-state index in [4.69, 9.17) is 8.92 Å². The molecule has 0 fully saturated rings. The van der Waals surface area contributed by atoms with Gasteiger partial charge in [-0.1, -0.05) is 17.7 Å². The number of hydrogen-bond donors (Lipinski definition) is 1. The van der Waals surface area contributed by atoms with Gasteiger partial charge in [-0.15, -0.1) is 0 Å². The highest BCUT2D eigenvalue weighted by Gasteiger charge is 2.19. The molecule has 0 radical (unpaired) electrons. The number of ether oxygens (including phenoxy) is 1. The van der Waals surface area contributed by atoms with E-state index in [1.165, 1.54) is 43.9 Å². The van der Waals surface area contributed by atoms with E-state index in [0.29, 0.717) is 11.1 Å². The van der Waals surface area contributed by atoms with Gasteiger partial charge >= 0.3 is 10.1 Å². The maximum Gasteiger partial charge on any atom is 0.339 e. The van der Waals surface area contributed by atoms with Crippen LogP contribution in [0.2, 0.25) is 0 Å². The van der Waals surface area contributed by atoms with Crippen molar-refractivity contribution in [2.45, 2.75) is 11.8 Å². The molecule has 1 aromatic heterocycles. The van der Waals surface area contributed by atoms with Crippen molar-refractivity contribution in [1.29, 1.82) is 0 Å². The van der Waals surface area contributed by atoms with Crippen LogP contribution in [0.3, 0.4) is 0 Å². The summed E-state index contributed by atoms with van der Waals surface area (Å²) >= 11 is 0. The molecule has 0 saturated carbocycles. The number of pyridine rings is 1. The van der Waals surface area contributed by atoms with Gasteiger partial charge in [-0.05, 0) is 55.0 Å². The Kier molecular flexibility index (Phi) is 6.43. The van der Waals surface area contributed by atoms with Crippen LogP contribution in [0.25, 0.3) is 0 Å². The molecule has 2 aromatic carbocycles. The molecule has 0 bridgehead atoms. The molecule has 3 rings (SSSR count). The van der Waals surface area contributed by atoms with E-state index >= 15 is 0 Å². The topological polar surface area (TPSA) is 107 Å². The SMILES string of the molecule is COc1cc(/C=N\NC(=O)c2ccncc2)ccc1OS(=O)(=O)c1ccc(C)cc1. The number of carbonyl (C=O) groups is 1. The van der Waals surface area contributed by atoms with Gasteiger partial charge < -0.3 is 8.92 Å². The average molecular weight is 425 g/mol. The Morgan fingerprint density at radius 1 is 1.03 bits per heavy atom. The van der Waals surface area contributed by atoms with E-state index in [0.717, 1.165) is 5.56 Å². The minimum absolute atomic E-state index is 0.0380. The van der Waals surface area contributed by atoms with Gasteiger partial charge in [0.2, 0.25) is 0 Å². The van der Waals surface area contributed by atoms with Crippen LogP contribution in [-0.4, -0.2) is 32.6 Å². The lowest BCUT2D eigenvalue weighted by atomic mass is 10.2. The van der Waals surface area contributed by atoms with Crippen LogP contribution < -0.4 is 14.3 Å². The van der Waals surface area contributed by atoms with Crippen molar-refractivity contribution in [3.05, 3.63) is 83.7 Å². The molecule has 0 atom stereocenters. The van der Waals surface area contributed by atoms with Gasteiger partial charge in [-0.25, -0.2) is 5.43 Å². The highest BCUT2D eigenvalue weighted by atomic mass is 32.2. The first-order valence-corrected chi connectivity index (χ1v) is 10.2. The zero-order valence-electron chi connectivity index (χ0n) is 16.3. The molecule has 154 valence electrons. The van der Waals surface area contributed by atoms with Gasteiger partial charge in [0.25, 0.3) is 5.91 Å².